The van der Waals surface area contributed by atoms with Gasteiger partial charge >= 0.3 is 0 Å². The van der Waals surface area contributed by atoms with Crippen molar-refractivity contribution in [3.8, 4) is 0 Å². The van der Waals surface area contributed by atoms with Gasteiger partial charge in [0.2, 0.25) is 5.91 Å². The number of fused-ring (bicyclic) bond motifs is 1. The van der Waals surface area contributed by atoms with Crippen LogP contribution in [0.25, 0.3) is 0 Å². The summed E-state index contributed by atoms with van der Waals surface area (Å²) in [5.41, 5.74) is 3.65. The molecule has 35 heavy (non-hydrogen) atoms. The molecule has 0 aromatic heterocycles. The molecule has 2 aromatic carbocycles. The molecular formula is C24H33N3O6S2. The molecule has 9 nitrogen and oxygen atoms in total. The van der Waals surface area contributed by atoms with Crippen LogP contribution in [0.3, 0.4) is 0 Å². The fourth-order valence-electron chi connectivity index (χ4n) is 5.13. The van der Waals surface area contributed by atoms with E-state index in [4.69, 9.17) is 5.21 Å². The lowest BCUT2D eigenvalue weighted by Crippen LogP contribution is -2.48. The summed E-state index contributed by atoms with van der Waals surface area (Å²) in [5, 5.41) is 9.04. The van der Waals surface area contributed by atoms with Crippen LogP contribution in [0.2, 0.25) is 0 Å². The number of benzene rings is 2. The third kappa shape index (κ3) is 4.57. The monoisotopic (exact) mass is 523 g/mol. The average Bonchev–Trinajstić information content (AvgIpc) is 2.79. The van der Waals surface area contributed by atoms with Crippen LogP contribution in [0.4, 0.5) is 5.69 Å². The van der Waals surface area contributed by atoms with Gasteiger partial charge in [-0.05, 0) is 49.9 Å². The van der Waals surface area contributed by atoms with Gasteiger partial charge in [0.15, 0.2) is 19.7 Å². The zero-order chi connectivity index (χ0) is 24.8. The summed E-state index contributed by atoms with van der Waals surface area (Å²) in [5.74, 6) is -0.732. The van der Waals surface area contributed by atoms with E-state index in [1.807, 2.05) is 23.1 Å². The fourth-order valence-corrected chi connectivity index (χ4v) is 9.05. The van der Waals surface area contributed by atoms with Crippen LogP contribution in [-0.4, -0.2) is 45.0 Å². The van der Waals surface area contributed by atoms with E-state index in [9.17, 15) is 21.6 Å². The molecular weight excluding hydrogens is 490 g/mol. The molecule has 0 bridgehead atoms. The summed E-state index contributed by atoms with van der Waals surface area (Å²) >= 11 is 0. The number of nitrogens with zero attached hydrogens (tertiary/aromatic N) is 1. The predicted octanol–water partition coefficient (Wildman–Crippen LogP) is 3.11. The van der Waals surface area contributed by atoms with E-state index < -0.39 is 35.1 Å². The van der Waals surface area contributed by atoms with Crippen LogP contribution < -0.4 is 16.5 Å². The minimum absolute atomic E-state index is 0. The Morgan fingerprint density at radius 2 is 1.69 bits per heavy atom. The van der Waals surface area contributed by atoms with Crippen molar-refractivity contribution in [1.82, 2.24) is 11.6 Å². The molecule has 2 aliphatic rings. The van der Waals surface area contributed by atoms with E-state index in [2.05, 4.69) is 0 Å². The normalized spacial score (nSPS) is 24.0. The molecule has 0 aliphatic carbocycles. The molecule has 4 rings (SSSR count). The van der Waals surface area contributed by atoms with Crippen LogP contribution in [0, 0.1) is 0 Å². The molecule has 11 heteroatoms. The number of carbonyl (C=O) groups is 1. The Kier molecular flexibility index (Phi) is 7.39. The number of sulfone groups is 2. The Hall–Kier alpha value is -2.47. The zero-order valence-electron chi connectivity index (χ0n) is 20.0. The van der Waals surface area contributed by atoms with Gasteiger partial charge in [0, 0.05) is 13.1 Å². The number of hydrogen-bond acceptors (Lipinski definition) is 8. The lowest BCUT2D eigenvalue weighted by molar-refractivity contribution is -0.130. The first-order chi connectivity index (χ1) is 15.9. The second-order valence-electron chi connectivity index (χ2n) is 9.77. The highest BCUT2D eigenvalue weighted by Crippen LogP contribution is 2.44. The fraction of sp³-hybridized carbons (Fsp3) is 0.458. The molecule has 0 radical (unpaired) electrons. The van der Waals surface area contributed by atoms with Crippen molar-refractivity contribution >= 4 is 31.3 Å². The highest BCUT2D eigenvalue weighted by Gasteiger charge is 2.48. The number of anilines is 1. The topological polar surface area (TPSA) is 156 Å². The minimum atomic E-state index is -3.60. The standard InChI is InChI=1S/C24H30N2O6S2.H3N/c1-23(2)17-26(20-7-3-4-8-21(20)34(23,31)32)16-18-9-11-19(12-10-18)24(15-22(27)25-28)13-5-6-14-33(24,29)30;/h3-4,7-12,28H,5-6,13-17H2,1-2H3,(H,25,27);1H3. The molecule has 2 heterocycles. The summed E-state index contributed by atoms with van der Waals surface area (Å²) in [6, 6.07) is 14.1. The Balaban J connectivity index is 0.00000342. The van der Waals surface area contributed by atoms with Crippen LogP contribution in [-0.2, 0) is 35.8 Å². The lowest BCUT2D eigenvalue weighted by Gasteiger charge is -2.40. The SMILES string of the molecule is CC1(C)CN(Cc2ccc(C3(CC(=O)NO)CCCCS3(=O)=O)cc2)c2ccccc2S1(=O)=O.N. The number of para-hydroxylation sites is 1. The molecule has 1 fully saturated rings. The molecule has 0 spiro atoms. The van der Waals surface area contributed by atoms with Crippen molar-refractivity contribution < 1.29 is 26.8 Å². The number of hydrogen-bond donors (Lipinski definition) is 3. The van der Waals surface area contributed by atoms with Gasteiger partial charge in [0.1, 0.15) is 4.75 Å². The molecule has 0 saturated carbocycles. The van der Waals surface area contributed by atoms with Crippen LogP contribution in [0.15, 0.2) is 53.4 Å². The minimum Gasteiger partial charge on any atom is -0.365 e. The van der Waals surface area contributed by atoms with E-state index >= 15 is 0 Å². The van der Waals surface area contributed by atoms with Gasteiger partial charge in [0.05, 0.1) is 27.5 Å². The molecule has 1 atom stereocenters. The number of rotatable bonds is 5. The summed E-state index contributed by atoms with van der Waals surface area (Å²) < 4.78 is 49.9. The van der Waals surface area contributed by atoms with E-state index in [0.29, 0.717) is 48.5 Å². The molecule has 1 unspecified atom stereocenters. The highest BCUT2D eigenvalue weighted by atomic mass is 32.2. The summed E-state index contributed by atoms with van der Waals surface area (Å²) in [7, 11) is -7.07. The van der Waals surface area contributed by atoms with Gasteiger partial charge < -0.3 is 11.1 Å². The van der Waals surface area contributed by atoms with Crippen molar-refractivity contribution in [3.63, 3.8) is 0 Å². The largest absolute Gasteiger partial charge is 0.365 e. The van der Waals surface area contributed by atoms with Crippen molar-refractivity contribution in [1.29, 1.82) is 0 Å². The Bertz CT molecular complexity index is 1310. The van der Waals surface area contributed by atoms with Gasteiger partial charge in [-0.3, -0.25) is 10.0 Å². The number of carbonyl (C=O) groups excluding carboxylic acids is 1. The summed E-state index contributed by atoms with van der Waals surface area (Å²) in [6.07, 6.45) is 1.20. The molecule has 2 aliphatic heterocycles. The zero-order valence-corrected chi connectivity index (χ0v) is 21.7. The van der Waals surface area contributed by atoms with Crippen molar-refractivity contribution in [2.45, 2.75) is 60.5 Å². The first kappa shape index (κ1) is 27.1. The number of hydroxylamine groups is 1. The summed E-state index contributed by atoms with van der Waals surface area (Å²) in [4.78, 5) is 14.4. The number of nitrogens with one attached hydrogen (secondary N) is 1. The maximum atomic E-state index is 13.1. The average molecular weight is 524 g/mol. The molecule has 5 N–H and O–H groups in total. The summed E-state index contributed by atoms with van der Waals surface area (Å²) in [6.45, 7) is 4.22. The first-order valence-electron chi connectivity index (χ1n) is 11.3. The second-order valence-corrected chi connectivity index (χ2v) is 14.7. The molecule has 1 amide bonds. The third-order valence-electron chi connectivity index (χ3n) is 7.06. The predicted molar refractivity (Wildman–Crippen MR) is 134 cm³/mol. The number of amides is 1. The molecule has 1 saturated heterocycles. The van der Waals surface area contributed by atoms with Crippen molar-refractivity contribution in [2.75, 3.05) is 17.2 Å². The van der Waals surface area contributed by atoms with Crippen molar-refractivity contribution in [3.05, 3.63) is 59.7 Å². The molecule has 192 valence electrons. The van der Waals surface area contributed by atoms with Gasteiger partial charge in [0.25, 0.3) is 0 Å². The maximum Gasteiger partial charge on any atom is 0.245 e. The van der Waals surface area contributed by atoms with Crippen LogP contribution in [0.1, 0.15) is 50.7 Å². The van der Waals surface area contributed by atoms with Gasteiger partial charge in [-0.15, -0.1) is 0 Å². The van der Waals surface area contributed by atoms with Crippen LogP contribution in [0.5, 0.6) is 0 Å². The second kappa shape index (κ2) is 9.53. The van der Waals surface area contributed by atoms with E-state index in [-0.39, 0.29) is 18.3 Å². The van der Waals surface area contributed by atoms with Gasteiger partial charge in [-0.25, -0.2) is 22.3 Å². The molecule has 2 aromatic rings. The lowest BCUT2D eigenvalue weighted by atomic mass is 9.88. The van der Waals surface area contributed by atoms with Crippen LogP contribution >= 0.6 is 0 Å². The van der Waals surface area contributed by atoms with Gasteiger partial charge in [-0.2, -0.15) is 0 Å². The third-order valence-corrected chi connectivity index (χ3v) is 12.2. The Morgan fingerprint density at radius 3 is 2.31 bits per heavy atom. The highest BCUT2D eigenvalue weighted by molar-refractivity contribution is 7.93. The Morgan fingerprint density at radius 1 is 1.03 bits per heavy atom. The van der Waals surface area contributed by atoms with E-state index in [1.54, 1.807) is 49.7 Å². The quantitative estimate of drug-likeness (QED) is 0.399. The van der Waals surface area contributed by atoms with E-state index in [0.717, 1.165) is 5.56 Å². The van der Waals surface area contributed by atoms with E-state index in [1.165, 1.54) is 0 Å². The smallest absolute Gasteiger partial charge is 0.245 e. The first-order valence-corrected chi connectivity index (χ1v) is 14.4. The van der Waals surface area contributed by atoms with Gasteiger partial charge in [-0.1, -0.05) is 42.8 Å². The maximum absolute atomic E-state index is 13.1. The van der Waals surface area contributed by atoms with Crippen molar-refractivity contribution in [2.24, 2.45) is 0 Å². The Labute approximate surface area is 206 Å².